The van der Waals surface area contributed by atoms with Gasteiger partial charge in [-0.3, -0.25) is 14.9 Å². The number of aliphatic carboxylic acids is 1. The Morgan fingerprint density at radius 1 is 1.43 bits per heavy atom. The molecule has 1 amide bonds. The van der Waals surface area contributed by atoms with Gasteiger partial charge in [0, 0.05) is 24.6 Å². The van der Waals surface area contributed by atoms with Crippen LogP contribution in [0.2, 0.25) is 0 Å². The van der Waals surface area contributed by atoms with Gasteiger partial charge in [-0.25, -0.2) is 4.79 Å². The van der Waals surface area contributed by atoms with Crippen LogP contribution >= 0.6 is 0 Å². The molecule has 0 aliphatic carbocycles. The van der Waals surface area contributed by atoms with Gasteiger partial charge in [0.25, 0.3) is 5.69 Å². The van der Waals surface area contributed by atoms with E-state index in [-0.39, 0.29) is 24.2 Å². The highest BCUT2D eigenvalue weighted by atomic mass is 16.6. The Kier molecular flexibility index (Phi) is 3.76. The van der Waals surface area contributed by atoms with Crippen LogP contribution < -0.4 is 10.6 Å². The number of hydrogen-bond acceptors (Lipinski definition) is 6. The lowest BCUT2D eigenvalue weighted by atomic mass is 10.1. The van der Waals surface area contributed by atoms with E-state index in [2.05, 4.69) is 0 Å². The van der Waals surface area contributed by atoms with Crippen LogP contribution in [0.1, 0.15) is 16.8 Å². The summed E-state index contributed by atoms with van der Waals surface area (Å²) in [6, 6.07) is 2.50. The van der Waals surface area contributed by atoms with Crippen molar-refractivity contribution in [3.63, 3.8) is 0 Å². The number of benzene rings is 1. The predicted molar refractivity (Wildman–Crippen MR) is 71.0 cm³/mol. The lowest BCUT2D eigenvalue weighted by Crippen LogP contribution is -2.36. The number of anilines is 1. The number of rotatable bonds is 4. The molecular weight excluding hydrogens is 282 g/mol. The van der Waals surface area contributed by atoms with Gasteiger partial charge in [-0.1, -0.05) is 0 Å². The van der Waals surface area contributed by atoms with E-state index in [4.69, 9.17) is 10.8 Å². The van der Waals surface area contributed by atoms with Gasteiger partial charge in [0.05, 0.1) is 11.0 Å². The third kappa shape index (κ3) is 2.77. The lowest BCUT2D eigenvalue weighted by molar-refractivity contribution is -0.384. The zero-order valence-electron chi connectivity index (χ0n) is 10.8. The maximum atomic E-state index is 11.2. The summed E-state index contributed by atoms with van der Waals surface area (Å²) in [7, 11) is 0. The van der Waals surface area contributed by atoms with Gasteiger partial charge in [-0.2, -0.15) is 0 Å². The number of carboxylic acids is 1. The minimum atomic E-state index is -1.18. The van der Waals surface area contributed by atoms with Crippen molar-refractivity contribution in [1.82, 2.24) is 0 Å². The first kappa shape index (κ1) is 14.7. The minimum Gasteiger partial charge on any atom is -0.480 e. The number of aliphatic hydroxyl groups is 1. The molecule has 1 aromatic rings. The average Bonchev–Trinajstić information content (AvgIpc) is 2.80. The molecule has 0 radical (unpaired) electrons. The molecule has 0 bridgehead atoms. The average molecular weight is 295 g/mol. The highest BCUT2D eigenvalue weighted by Gasteiger charge is 2.38. The number of carbonyl (C=O) groups is 2. The van der Waals surface area contributed by atoms with Crippen LogP contribution in [0.25, 0.3) is 0 Å². The number of aliphatic hydroxyl groups excluding tert-OH is 1. The van der Waals surface area contributed by atoms with E-state index in [1.54, 1.807) is 0 Å². The SMILES string of the molecule is NC(=O)c1ccc(N2CC(O)CC2C(=O)O)c([N+](=O)[O-])c1. The first-order chi connectivity index (χ1) is 9.81. The highest BCUT2D eigenvalue weighted by Crippen LogP contribution is 2.34. The van der Waals surface area contributed by atoms with E-state index in [1.807, 2.05) is 0 Å². The number of carbonyl (C=O) groups excluding carboxylic acids is 1. The van der Waals surface area contributed by atoms with Crippen molar-refractivity contribution >= 4 is 23.3 Å². The summed E-state index contributed by atoms with van der Waals surface area (Å²) in [5.74, 6) is -2.00. The summed E-state index contributed by atoms with van der Waals surface area (Å²) in [6.07, 6.45) is -0.911. The van der Waals surface area contributed by atoms with Gasteiger partial charge in [0.15, 0.2) is 0 Å². The van der Waals surface area contributed by atoms with E-state index in [0.29, 0.717) is 0 Å². The second-order valence-corrected chi connectivity index (χ2v) is 4.72. The van der Waals surface area contributed by atoms with Crippen molar-refractivity contribution in [2.45, 2.75) is 18.6 Å². The molecule has 1 heterocycles. The number of amides is 1. The summed E-state index contributed by atoms with van der Waals surface area (Å²) < 4.78 is 0. The molecule has 9 nitrogen and oxygen atoms in total. The van der Waals surface area contributed by atoms with E-state index in [0.717, 1.165) is 6.07 Å². The fourth-order valence-electron chi connectivity index (χ4n) is 2.38. The topological polar surface area (TPSA) is 147 Å². The Morgan fingerprint density at radius 2 is 2.10 bits per heavy atom. The second kappa shape index (κ2) is 5.37. The van der Waals surface area contributed by atoms with Gasteiger partial charge < -0.3 is 20.8 Å². The molecule has 1 aromatic carbocycles. The van der Waals surface area contributed by atoms with E-state index in [1.165, 1.54) is 17.0 Å². The Hall–Kier alpha value is -2.68. The highest BCUT2D eigenvalue weighted by molar-refractivity contribution is 5.94. The molecule has 1 fully saturated rings. The van der Waals surface area contributed by atoms with Crippen molar-refractivity contribution in [3.05, 3.63) is 33.9 Å². The van der Waals surface area contributed by atoms with Gasteiger partial charge in [0.2, 0.25) is 5.91 Å². The first-order valence-electron chi connectivity index (χ1n) is 6.07. The molecule has 4 N–H and O–H groups in total. The quantitative estimate of drug-likeness (QED) is 0.511. The smallest absolute Gasteiger partial charge is 0.326 e. The van der Waals surface area contributed by atoms with Crippen LogP contribution in [0.5, 0.6) is 0 Å². The Bertz CT molecular complexity index is 617. The molecule has 0 saturated carbocycles. The molecule has 1 saturated heterocycles. The Morgan fingerprint density at radius 3 is 2.62 bits per heavy atom. The number of carboxylic acid groups (broad SMARTS) is 1. The van der Waals surface area contributed by atoms with Crippen LogP contribution in [-0.4, -0.2) is 45.7 Å². The number of hydrogen-bond donors (Lipinski definition) is 3. The third-order valence-corrected chi connectivity index (χ3v) is 3.33. The minimum absolute atomic E-state index is 0.0238. The van der Waals surface area contributed by atoms with Gasteiger partial charge >= 0.3 is 5.97 Å². The molecule has 2 atom stereocenters. The van der Waals surface area contributed by atoms with E-state index >= 15 is 0 Å². The Balaban J connectivity index is 2.50. The molecule has 2 unspecified atom stereocenters. The number of nitrogens with two attached hydrogens (primary N) is 1. The molecule has 112 valence electrons. The number of nitrogens with zero attached hydrogens (tertiary/aromatic N) is 2. The molecule has 21 heavy (non-hydrogen) atoms. The van der Waals surface area contributed by atoms with Crippen molar-refractivity contribution < 1.29 is 24.7 Å². The lowest BCUT2D eigenvalue weighted by Gasteiger charge is -2.23. The zero-order valence-corrected chi connectivity index (χ0v) is 10.8. The molecule has 0 spiro atoms. The van der Waals surface area contributed by atoms with Gasteiger partial charge in [-0.15, -0.1) is 0 Å². The first-order valence-corrected chi connectivity index (χ1v) is 6.07. The number of nitro groups is 1. The van der Waals surface area contributed by atoms with Crippen LogP contribution in [-0.2, 0) is 4.79 Å². The van der Waals surface area contributed by atoms with Crippen molar-refractivity contribution in [2.24, 2.45) is 5.73 Å². The number of β-amino-alcohol motifs (C(OH)–C–C–N with tert-alkyl or cyclic N) is 1. The maximum absolute atomic E-state index is 11.2. The number of primary amides is 1. The standard InChI is InChI=1S/C12H13N3O6/c13-11(17)6-1-2-8(9(3-6)15(20)21)14-5-7(16)4-10(14)12(18)19/h1-3,7,10,16H,4-5H2,(H2,13,17)(H,18,19). The van der Waals surface area contributed by atoms with Gasteiger partial charge in [0.1, 0.15) is 11.7 Å². The molecule has 1 aliphatic heterocycles. The van der Waals surface area contributed by atoms with Crippen molar-refractivity contribution in [1.29, 1.82) is 0 Å². The molecule has 1 aliphatic rings. The summed E-state index contributed by atoms with van der Waals surface area (Å²) in [4.78, 5) is 33.9. The number of nitro benzene ring substituents is 1. The van der Waals surface area contributed by atoms with Crippen molar-refractivity contribution in [3.8, 4) is 0 Å². The Labute approximate surface area is 118 Å². The summed E-state index contributed by atoms with van der Waals surface area (Å²) >= 11 is 0. The molecule has 0 aromatic heterocycles. The van der Waals surface area contributed by atoms with Crippen molar-refractivity contribution in [2.75, 3.05) is 11.4 Å². The maximum Gasteiger partial charge on any atom is 0.326 e. The summed E-state index contributed by atoms with van der Waals surface area (Å²) in [5.41, 5.74) is 4.64. The van der Waals surface area contributed by atoms with E-state index in [9.17, 15) is 24.8 Å². The summed E-state index contributed by atoms with van der Waals surface area (Å²) in [5, 5.41) is 29.9. The molecular formula is C12H13N3O6. The zero-order chi connectivity index (χ0) is 15.7. The largest absolute Gasteiger partial charge is 0.480 e. The fourth-order valence-corrected chi connectivity index (χ4v) is 2.38. The second-order valence-electron chi connectivity index (χ2n) is 4.72. The van der Waals surface area contributed by atoms with E-state index < -0.39 is 34.6 Å². The van der Waals surface area contributed by atoms with Gasteiger partial charge in [-0.05, 0) is 12.1 Å². The summed E-state index contributed by atoms with van der Waals surface area (Å²) in [6.45, 7) is -0.0340. The van der Waals surface area contributed by atoms with Crippen LogP contribution in [0.4, 0.5) is 11.4 Å². The predicted octanol–water partition coefficient (Wildman–Crippen LogP) is -0.282. The van der Waals surface area contributed by atoms with Crippen LogP contribution in [0.3, 0.4) is 0 Å². The molecule has 2 rings (SSSR count). The van der Waals surface area contributed by atoms with Crippen LogP contribution in [0.15, 0.2) is 18.2 Å². The monoisotopic (exact) mass is 295 g/mol. The van der Waals surface area contributed by atoms with Crippen LogP contribution in [0, 0.1) is 10.1 Å². The normalized spacial score (nSPS) is 21.3. The molecule has 9 heteroatoms. The fraction of sp³-hybridized carbons (Fsp3) is 0.333. The third-order valence-electron chi connectivity index (χ3n) is 3.33.